The van der Waals surface area contributed by atoms with Gasteiger partial charge in [0.25, 0.3) is 0 Å². The summed E-state index contributed by atoms with van der Waals surface area (Å²) >= 11 is 1.49. The van der Waals surface area contributed by atoms with Crippen molar-refractivity contribution in [3.05, 3.63) is 12.0 Å². The van der Waals surface area contributed by atoms with E-state index in [1.165, 1.54) is 18.9 Å². The van der Waals surface area contributed by atoms with Gasteiger partial charge in [-0.1, -0.05) is 0 Å². The van der Waals surface area contributed by atoms with Gasteiger partial charge in [-0.15, -0.1) is 11.8 Å². The Kier molecular flexibility index (Phi) is 2.21. The molecule has 1 rings (SSSR count). The van der Waals surface area contributed by atoms with Crippen molar-refractivity contribution < 1.29 is 9.53 Å². The second kappa shape index (κ2) is 2.96. The molecule has 0 spiro atoms. The normalized spacial score (nSPS) is 24.0. The third kappa shape index (κ3) is 1.26. The molecule has 0 radical (unpaired) electrons. The first-order valence-electron chi connectivity index (χ1n) is 2.87. The fraction of sp³-hybridized carbons (Fsp3) is 0.500. The van der Waals surface area contributed by atoms with Crippen molar-refractivity contribution in [3.63, 3.8) is 0 Å². The minimum Gasteiger partial charge on any atom is -0.482 e. The Hall–Kier alpha value is -0.640. The van der Waals surface area contributed by atoms with Gasteiger partial charge in [-0.25, -0.2) is 0 Å². The number of amides is 1. The number of carbonyl (C=O) groups is 1. The highest BCUT2D eigenvalue weighted by Gasteiger charge is 2.23. The van der Waals surface area contributed by atoms with Crippen LogP contribution in [0.25, 0.3) is 0 Å². The summed E-state index contributed by atoms with van der Waals surface area (Å²) in [7, 11) is 1.54. The van der Waals surface area contributed by atoms with Crippen LogP contribution in [0.1, 0.15) is 0 Å². The summed E-state index contributed by atoms with van der Waals surface area (Å²) in [5.74, 6) is 0.564. The van der Waals surface area contributed by atoms with Gasteiger partial charge in [-0.05, 0) is 12.3 Å². The van der Waals surface area contributed by atoms with Crippen LogP contribution in [0, 0.1) is 0 Å². The van der Waals surface area contributed by atoms with Crippen LogP contribution in [0.2, 0.25) is 0 Å². The maximum absolute atomic E-state index is 10.9. The number of rotatable bonds is 2. The zero-order chi connectivity index (χ0) is 7.56. The van der Waals surface area contributed by atoms with Crippen LogP contribution in [0.15, 0.2) is 12.0 Å². The number of nitrogens with one attached hydrogen (secondary N) is 1. The van der Waals surface area contributed by atoms with E-state index in [2.05, 4.69) is 5.32 Å². The first-order valence-corrected chi connectivity index (χ1v) is 4.16. The molecule has 1 amide bonds. The molecule has 1 N–H and O–H groups in total. The number of thioether (sulfide) groups is 1. The first kappa shape index (κ1) is 7.47. The molecule has 0 saturated heterocycles. The molecule has 0 saturated carbocycles. The van der Waals surface area contributed by atoms with Crippen LogP contribution >= 0.6 is 11.8 Å². The number of ether oxygens (including phenoxy) is 1. The highest BCUT2D eigenvalue weighted by molar-refractivity contribution is 8.00. The molecule has 3 nitrogen and oxygen atoms in total. The van der Waals surface area contributed by atoms with Gasteiger partial charge in [0.15, 0.2) is 5.88 Å². The molecular formula is C6H9NO2S. The minimum absolute atomic E-state index is 0.00403. The Morgan fingerprint density at radius 3 is 2.80 bits per heavy atom. The lowest BCUT2D eigenvalue weighted by atomic mass is 10.4. The van der Waals surface area contributed by atoms with E-state index >= 15 is 0 Å². The minimum atomic E-state index is -0.0741. The third-order valence-corrected chi connectivity index (χ3v) is 2.14. The van der Waals surface area contributed by atoms with Crippen LogP contribution in [0.3, 0.4) is 0 Å². The Labute approximate surface area is 63.8 Å². The zero-order valence-electron chi connectivity index (χ0n) is 5.88. The molecule has 0 aromatic heterocycles. The molecule has 10 heavy (non-hydrogen) atoms. The lowest BCUT2D eigenvalue weighted by molar-refractivity contribution is -0.118. The van der Waals surface area contributed by atoms with Crippen LogP contribution in [0.5, 0.6) is 0 Å². The highest BCUT2D eigenvalue weighted by atomic mass is 32.2. The van der Waals surface area contributed by atoms with Gasteiger partial charge in [0.2, 0.25) is 5.91 Å². The zero-order valence-corrected chi connectivity index (χ0v) is 6.70. The number of methoxy groups -OCH3 is 1. The monoisotopic (exact) mass is 159 g/mol. The quantitative estimate of drug-likeness (QED) is 0.631. The van der Waals surface area contributed by atoms with Gasteiger partial charge in [-0.3, -0.25) is 10.1 Å². The van der Waals surface area contributed by atoms with E-state index in [1.807, 2.05) is 6.26 Å². The van der Waals surface area contributed by atoms with Crippen molar-refractivity contribution in [3.8, 4) is 0 Å². The fourth-order valence-electron chi connectivity index (χ4n) is 0.742. The third-order valence-electron chi connectivity index (χ3n) is 1.28. The molecule has 1 atom stereocenters. The van der Waals surface area contributed by atoms with Crippen LogP contribution in [-0.4, -0.2) is 24.5 Å². The molecular weight excluding hydrogens is 150 g/mol. The SMILES string of the molecule is COC1=C[C@H](SC)C(=O)N1. The number of hydrogen-bond donors (Lipinski definition) is 1. The Morgan fingerprint density at radius 1 is 1.80 bits per heavy atom. The van der Waals surface area contributed by atoms with Crippen molar-refractivity contribution in [1.82, 2.24) is 5.32 Å². The van der Waals surface area contributed by atoms with Crippen molar-refractivity contribution in [2.45, 2.75) is 5.25 Å². The van der Waals surface area contributed by atoms with E-state index in [9.17, 15) is 4.79 Å². The van der Waals surface area contributed by atoms with Gasteiger partial charge in [-0.2, -0.15) is 0 Å². The summed E-state index contributed by atoms with van der Waals surface area (Å²) in [6, 6.07) is 0. The summed E-state index contributed by atoms with van der Waals surface area (Å²) < 4.78 is 4.83. The summed E-state index contributed by atoms with van der Waals surface area (Å²) in [4.78, 5) is 10.9. The van der Waals surface area contributed by atoms with Gasteiger partial charge in [0, 0.05) is 0 Å². The summed E-state index contributed by atoms with van der Waals surface area (Å²) in [6.07, 6.45) is 3.66. The maximum Gasteiger partial charge on any atom is 0.243 e. The van der Waals surface area contributed by atoms with Crippen molar-refractivity contribution in [2.24, 2.45) is 0 Å². The predicted octanol–water partition coefficient (Wildman–Crippen LogP) is 0.336. The molecule has 0 aromatic rings. The molecule has 1 heterocycles. The van der Waals surface area contributed by atoms with Crippen LogP contribution in [-0.2, 0) is 9.53 Å². The van der Waals surface area contributed by atoms with E-state index in [1.54, 1.807) is 6.08 Å². The van der Waals surface area contributed by atoms with Gasteiger partial charge >= 0.3 is 0 Å². The standard InChI is InChI=1S/C6H9NO2S/c1-9-5-3-4(10-2)6(8)7-5/h3-4H,1-2H3,(H,7,8)/t4-/m0/s1. The Balaban J connectivity index is 2.61. The van der Waals surface area contributed by atoms with Crippen molar-refractivity contribution >= 4 is 17.7 Å². The first-order chi connectivity index (χ1) is 4.77. The van der Waals surface area contributed by atoms with Crippen molar-refractivity contribution in [1.29, 1.82) is 0 Å². The van der Waals surface area contributed by atoms with Crippen LogP contribution in [0.4, 0.5) is 0 Å². The Bertz CT molecular complexity index is 179. The average molecular weight is 159 g/mol. The Morgan fingerprint density at radius 2 is 2.50 bits per heavy atom. The van der Waals surface area contributed by atoms with E-state index in [-0.39, 0.29) is 11.2 Å². The molecule has 0 aliphatic carbocycles. The molecule has 4 heteroatoms. The smallest absolute Gasteiger partial charge is 0.243 e. The second-order valence-corrected chi connectivity index (χ2v) is 2.86. The van der Waals surface area contributed by atoms with Crippen molar-refractivity contribution in [2.75, 3.05) is 13.4 Å². The average Bonchev–Trinajstić information content (AvgIpc) is 2.30. The van der Waals surface area contributed by atoms with Gasteiger partial charge < -0.3 is 4.74 Å². The molecule has 0 bridgehead atoms. The molecule has 1 aliphatic heterocycles. The number of hydrogen-bond acceptors (Lipinski definition) is 3. The lowest BCUT2D eigenvalue weighted by Gasteiger charge is -1.98. The predicted molar refractivity (Wildman–Crippen MR) is 40.5 cm³/mol. The number of carbonyl (C=O) groups excluding carboxylic acids is 1. The highest BCUT2D eigenvalue weighted by Crippen LogP contribution is 2.15. The largest absolute Gasteiger partial charge is 0.482 e. The summed E-state index contributed by atoms with van der Waals surface area (Å²) in [5.41, 5.74) is 0. The van der Waals surface area contributed by atoms with E-state index in [0.717, 1.165) is 0 Å². The summed E-state index contributed by atoms with van der Waals surface area (Å²) in [5, 5.41) is 2.51. The molecule has 0 fully saturated rings. The van der Waals surface area contributed by atoms with Gasteiger partial charge in [0.05, 0.1) is 7.11 Å². The lowest BCUT2D eigenvalue weighted by Crippen LogP contribution is -2.22. The molecule has 1 aliphatic rings. The molecule has 0 aromatic carbocycles. The molecule has 56 valence electrons. The van der Waals surface area contributed by atoms with Crippen LogP contribution < -0.4 is 5.32 Å². The van der Waals surface area contributed by atoms with E-state index in [4.69, 9.17) is 4.74 Å². The fourth-order valence-corrected chi connectivity index (χ4v) is 1.27. The van der Waals surface area contributed by atoms with Gasteiger partial charge in [0.1, 0.15) is 5.25 Å². The van der Waals surface area contributed by atoms with E-state index < -0.39 is 0 Å². The van der Waals surface area contributed by atoms with E-state index in [0.29, 0.717) is 5.88 Å². The summed E-state index contributed by atoms with van der Waals surface area (Å²) in [6.45, 7) is 0. The maximum atomic E-state index is 10.9. The molecule has 0 unspecified atom stereocenters. The topological polar surface area (TPSA) is 38.3 Å². The second-order valence-electron chi connectivity index (χ2n) is 1.88.